The third-order valence-corrected chi connectivity index (χ3v) is 3.58. The molecule has 0 radical (unpaired) electrons. The van der Waals surface area contributed by atoms with Crippen LogP contribution >= 0.6 is 0 Å². The van der Waals surface area contributed by atoms with Crippen LogP contribution in [0.5, 0.6) is 0 Å². The first-order valence-electron chi connectivity index (χ1n) is 6.84. The highest BCUT2D eigenvalue weighted by molar-refractivity contribution is 5.76. The molecule has 104 valence electrons. The van der Waals surface area contributed by atoms with Gasteiger partial charge in [0, 0.05) is 38.1 Å². The molecule has 1 aromatic heterocycles. The van der Waals surface area contributed by atoms with Gasteiger partial charge in [0.25, 0.3) is 0 Å². The summed E-state index contributed by atoms with van der Waals surface area (Å²) in [5, 5.41) is 4.08. The van der Waals surface area contributed by atoms with Gasteiger partial charge in [-0.1, -0.05) is 18.2 Å². The van der Waals surface area contributed by atoms with Gasteiger partial charge in [0.2, 0.25) is 0 Å². The van der Waals surface area contributed by atoms with Crippen molar-refractivity contribution in [1.82, 2.24) is 14.7 Å². The molecule has 0 bridgehead atoms. The number of carbonyl (C=O) groups excluding carboxylic acids is 1. The number of piperazine rings is 1. The first-order chi connectivity index (χ1) is 9.74. The van der Waals surface area contributed by atoms with Crippen LogP contribution in [0.3, 0.4) is 0 Å². The fourth-order valence-electron chi connectivity index (χ4n) is 2.46. The number of hydrogen-bond donors (Lipinski definition) is 0. The van der Waals surface area contributed by atoms with Crippen LogP contribution in [0.1, 0.15) is 5.56 Å². The Balaban J connectivity index is 1.63. The fourth-order valence-corrected chi connectivity index (χ4v) is 2.46. The van der Waals surface area contributed by atoms with Crippen LogP contribution in [0, 0.1) is 6.92 Å². The standard InChI is InChI=1S/C15H18N4O/c1-13-11-16-19(12-13)15(20)18-9-7-17(8-10-18)14-5-3-2-4-6-14/h2-6,11-12H,7-10H2,1H3. The number of aryl methyl sites for hydroxylation is 1. The first kappa shape index (κ1) is 12.7. The van der Waals surface area contributed by atoms with Crippen LogP contribution in [-0.2, 0) is 0 Å². The van der Waals surface area contributed by atoms with Gasteiger partial charge in [-0.2, -0.15) is 9.78 Å². The Bertz CT molecular complexity index is 585. The summed E-state index contributed by atoms with van der Waals surface area (Å²) in [6.07, 6.45) is 3.48. The molecule has 0 unspecified atom stereocenters. The number of anilines is 1. The largest absolute Gasteiger partial charge is 0.368 e. The molecule has 1 aliphatic heterocycles. The molecule has 2 heterocycles. The Hall–Kier alpha value is -2.30. The van der Waals surface area contributed by atoms with Crippen molar-refractivity contribution in [3.05, 3.63) is 48.3 Å². The molecule has 1 saturated heterocycles. The highest BCUT2D eigenvalue weighted by Gasteiger charge is 2.22. The summed E-state index contributed by atoms with van der Waals surface area (Å²) in [4.78, 5) is 16.4. The van der Waals surface area contributed by atoms with E-state index in [4.69, 9.17) is 0 Å². The van der Waals surface area contributed by atoms with Crippen LogP contribution in [0.25, 0.3) is 0 Å². The van der Waals surface area contributed by atoms with Crippen LogP contribution < -0.4 is 4.90 Å². The summed E-state index contributed by atoms with van der Waals surface area (Å²) >= 11 is 0. The number of benzene rings is 1. The van der Waals surface area contributed by atoms with Gasteiger partial charge in [-0.3, -0.25) is 0 Å². The van der Waals surface area contributed by atoms with E-state index in [2.05, 4.69) is 22.1 Å². The van der Waals surface area contributed by atoms with E-state index < -0.39 is 0 Å². The zero-order chi connectivity index (χ0) is 13.9. The van der Waals surface area contributed by atoms with Gasteiger partial charge in [-0.15, -0.1) is 0 Å². The van der Waals surface area contributed by atoms with Crippen molar-refractivity contribution in [3.8, 4) is 0 Å². The molecule has 1 aromatic carbocycles. The van der Waals surface area contributed by atoms with Gasteiger partial charge in [-0.05, 0) is 24.6 Å². The summed E-state index contributed by atoms with van der Waals surface area (Å²) in [6, 6.07) is 10.3. The van der Waals surface area contributed by atoms with Crippen molar-refractivity contribution in [3.63, 3.8) is 0 Å². The van der Waals surface area contributed by atoms with E-state index in [9.17, 15) is 4.79 Å². The SMILES string of the molecule is Cc1cnn(C(=O)N2CCN(c3ccccc3)CC2)c1. The molecule has 5 heteroatoms. The molecule has 5 nitrogen and oxygen atoms in total. The number of hydrogen-bond acceptors (Lipinski definition) is 3. The van der Waals surface area contributed by atoms with Crippen LogP contribution in [-0.4, -0.2) is 46.9 Å². The molecular formula is C15H18N4O. The third kappa shape index (κ3) is 2.52. The lowest BCUT2D eigenvalue weighted by atomic mass is 10.2. The Morgan fingerprint density at radius 2 is 1.80 bits per heavy atom. The van der Waals surface area contributed by atoms with Gasteiger partial charge in [0.1, 0.15) is 0 Å². The van der Waals surface area contributed by atoms with Gasteiger partial charge in [-0.25, -0.2) is 4.79 Å². The molecule has 20 heavy (non-hydrogen) atoms. The first-order valence-corrected chi connectivity index (χ1v) is 6.84. The molecule has 0 N–H and O–H groups in total. The van der Waals surface area contributed by atoms with Gasteiger partial charge >= 0.3 is 6.03 Å². The summed E-state index contributed by atoms with van der Waals surface area (Å²) in [5.41, 5.74) is 2.22. The summed E-state index contributed by atoms with van der Waals surface area (Å²) in [6.45, 7) is 5.11. The van der Waals surface area contributed by atoms with Crippen molar-refractivity contribution in [2.45, 2.75) is 6.92 Å². The minimum Gasteiger partial charge on any atom is -0.368 e. The molecule has 0 aliphatic carbocycles. The van der Waals surface area contributed by atoms with Crippen molar-refractivity contribution < 1.29 is 4.79 Å². The Labute approximate surface area is 118 Å². The number of carbonyl (C=O) groups is 1. The molecule has 1 fully saturated rings. The zero-order valence-corrected chi connectivity index (χ0v) is 11.6. The minimum atomic E-state index is -0.0363. The van der Waals surface area contributed by atoms with E-state index in [-0.39, 0.29) is 6.03 Å². The molecule has 1 amide bonds. The fraction of sp³-hybridized carbons (Fsp3) is 0.333. The van der Waals surface area contributed by atoms with Crippen LogP contribution in [0.15, 0.2) is 42.7 Å². The molecule has 0 saturated carbocycles. The van der Waals surface area contributed by atoms with E-state index in [0.29, 0.717) is 0 Å². The molecular weight excluding hydrogens is 252 g/mol. The Kier molecular flexibility index (Phi) is 3.41. The Morgan fingerprint density at radius 1 is 1.10 bits per heavy atom. The molecule has 1 aliphatic rings. The monoisotopic (exact) mass is 270 g/mol. The van der Waals surface area contributed by atoms with Gasteiger partial charge < -0.3 is 9.80 Å². The quantitative estimate of drug-likeness (QED) is 0.795. The van der Waals surface area contributed by atoms with E-state index >= 15 is 0 Å². The van der Waals surface area contributed by atoms with Gasteiger partial charge in [0.15, 0.2) is 0 Å². The smallest absolute Gasteiger partial charge is 0.344 e. The van der Waals surface area contributed by atoms with Crippen molar-refractivity contribution in [1.29, 1.82) is 0 Å². The average Bonchev–Trinajstić information content (AvgIpc) is 2.94. The lowest BCUT2D eigenvalue weighted by Crippen LogP contribution is -2.50. The maximum absolute atomic E-state index is 12.3. The summed E-state index contributed by atoms with van der Waals surface area (Å²) in [5.74, 6) is 0. The van der Waals surface area contributed by atoms with E-state index in [1.807, 2.05) is 30.0 Å². The van der Waals surface area contributed by atoms with Crippen molar-refractivity contribution in [2.24, 2.45) is 0 Å². The van der Waals surface area contributed by atoms with Crippen LogP contribution in [0.4, 0.5) is 10.5 Å². The second-order valence-electron chi connectivity index (χ2n) is 5.05. The lowest BCUT2D eigenvalue weighted by molar-refractivity contribution is 0.193. The summed E-state index contributed by atoms with van der Waals surface area (Å²) in [7, 11) is 0. The number of nitrogens with zero attached hydrogens (tertiary/aromatic N) is 4. The highest BCUT2D eigenvalue weighted by atomic mass is 16.2. The predicted octanol–water partition coefficient (Wildman–Crippen LogP) is 1.98. The molecule has 0 atom stereocenters. The number of amides is 1. The highest BCUT2D eigenvalue weighted by Crippen LogP contribution is 2.15. The number of rotatable bonds is 1. The maximum Gasteiger partial charge on any atom is 0.344 e. The summed E-state index contributed by atoms with van der Waals surface area (Å²) < 4.78 is 1.42. The predicted molar refractivity (Wildman–Crippen MR) is 78.0 cm³/mol. The Morgan fingerprint density at radius 3 is 2.40 bits per heavy atom. The lowest BCUT2D eigenvalue weighted by Gasteiger charge is -2.35. The topological polar surface area (TPSA) is 41.4 Å². The average molecular weight is 270 g/mol. The number of para-hydroxylation sites is 1. The zero-order valence-electron chi connectivity index (χ0n) is 11.6. The van der Waals surface area contributed by atoms with E-state index in [1.54, 1.807) is 12.4 Å². The van der Waals surface area contributed by atoms with Crippen molar-refractivity contribution >= 4 is 11.7 Å². The normalized spacial score (nSPS) is 15.4. The van der Waals surface area contributed by atoms with Gasteiger partial charge in [0.05, 0.1) is 6.20 Å². The van der Waals surface area contributed by atoms with E-state index in [0.717, 1.165) is 31.7 Å². The molecule has 2 aromatic rings. The maximum atomic E-state index is 12.3. The molecule has 0 spiro atoms. The minimum absolute atomic E-state index is 0.0363. The number of aromatic nitrogens is 2. The van der Waals surface area contributed by atoms with Crippen LogP contribution in [0.2, 0.25) is 0 Å². The second-order valence-corrected chi connectivity index (χ2v) is 5.05. The molecule has 3 rings (SSSR count). The van der Waals surface area contributed by atoms with E-state index in [1.165, 1.54) is 10.4 Å². The second kappa shape index (κ2) is 5.36. The van der Waals surface area contributed by atoms with Crippen molar-refractivity contribution in [2.75, 3.05) is 31.1 Å². The third-order valence-electron chi connectivity index (χ3n) is 3.58.